The van der Waals surface area contributed by atoms with Gasteiger partial charge in [-0.3, -0.25) is 0 Å². The van der Waals surface area contributed by atoms with Gasteiger partial charge in [0.2, 0.25) is 0 Å². The Bertz CT molecular complexity index is 637. The van der Waals surface area contributed by atoms with E-state index >= 15 is 0 Å². The SMILES string of the molecule is CS(=O)(=O)CCNc1ccc(Oc2ccccc2)cc1. The van der Waals surface area contributed by atoms with Gasteiger partial charge in [0, 0.05) is 18.5 Å². The van der Waals surface area contributed by atoms with Gasteiger partial charge in [0.15, 0.2) is 0 Å². The molecule has 0 saturated heterocycles. The van der Waals surface area contributed by atoms with E-state index in [1.54, 1.807) is 0 Å². The molecule has 0 heterocycles. The number of sulfone groups is 1. The van der Waals surface area contributed by atoms with E-state index in [1.807, 2.05) is 54.6 Å². The quantitative estimate of drug-likeness (QED) is 0.889. The number of anilines is 1. The second-order valence-electron chi connectivity index (χ2n) is 4.50. The molecule has 0 fully saturated rings. The average Bonchev–Trinajstić information content (AvgIpc) is 2.41. The lowest BCUT2D eigenvalue weighted by atomic mass is 10.3. The van der Waals surface area contributed by atoms with Crippen molar-refractivity contribution < 1.29 is 13.2 Å². The first-order valence-corrected chi connectivity index (χ1v) is 8.33. The van der Waals surface area contributed by atoms with Crippen LogP contribution in [-0.4, -0.2) is 27.0 Å². The second-order valence-corrected chi connectivity index (χ2v) is 6.76. The van der Waals surface area contributed by atoms with Crippen molar-refractivity contribution in [3.63, 3.8) is 0 Å². The van der Waals surface area contributed by atoms with Crippen LogP contribution in [0.1, 0.15) is 0 Å². The molecule has 0 amide bonds. The summed E-state index contributed by atoms with van der Waals surface area (Å²) < 4.78 is 27.7. The lowest BCUT2D eigenvalue weighted by Gasteiger charge is -2.08. The highest BCUT2D eigenvalue weighted by Gasteiger charge is 2.01. The van der Waals surface area contributed by atoms with E-state index in [2.05, 4.69) is 5.32 Å². The highest BCUT2D eigenvalue weighted by molar-refractivity contribution is 7.90. The third kappa shape index (κ3) is 4.93. The standard InChI is InChI=1S/C15H17NO3S/c1-20(17,18)12-11-16-13-7-9-15(10-8-13)19-14-5-3-2-4-6-14/h2-10,16H,11-12H2,1H3. The van der Waals surface area contributed by atoms with Crippen LogP contribution in [0.5, 0.6) is 11.5 Å². The molecule has 0 radical (unpaired) electrons. The monoisotopic (exact) mass is 291 g/mol. The van der Waals surface area contributed by atoms with Crippen molar-refractivity contribution in [3.05, 3.63) is 54.6 Å². The molecular weight excluding hydrogens is 274 g/mol. The maximum absolute atomic E-state index is 11.0. The Morgan fingerprint density at radius 3 is 2.15 bits per heavy atom. The zero-order valence-electron chi connectivity index (χ0n) is 11.2. The van der Waals surface area contributed by atoms with Gasteiger partial charge in [-0.15, -0.1) is 0 Å². The van der Waals surface area contributed by atoms with Gasteiger partial charge < -0.3 is 10.1 Å². The normalized spacial score (nSPS) is 11.1. The molecule has 0 aliphatic rings. The zero-order valence-corrected chi connectivity index (χ0v) is 12.1. The molecule has 1 N–H and O–H groups in total. The van der Waals surface area contributed by atoms with Gasteiger partial charge in [0.1, 0.15) is 21.3 Å². The number of hydrogen-bond acceptors (Lipinski definition) is 4. The molecule has 2 aromatic carbocycles. The van der Waals surface area contributed by atoms with Crippen LogP contribution in [0.15, 0.2) is 54.6 Å². The highest BCUT2D eigenvalue weighted by atomic mass is 32.2. The molecule has 0 atom stereocenters. The van der Waals surface area contributed by atoms with Crippen molar-refractivity contribution in [2.45, 2.75) is 0 Å². The Labute approximate surface area is 119 Å². The third-order valence-electron chi connectivity index (χ3n) is 2.64. The maximum atomic E-state index is 11.0. The van der Waals surface area contributed by atoms with Crippen molar-refractivity contribution >= 4 is 15.5 Å². The van der Waals surface area contributed by atoms with Gasteiger partial charge in [-0.25, -0.2) is 8.42 Å². The number of rotatable bonds is 6. The molecule has 106 valence electrons. The maximum Gasteiger partial charge on any atom is 0.149 e. The van der Waals surface area contributed by atoms with Crippen molar-refractivity contribution in [1.29, 1.82) is 0 Å². The van der Waals surface area contributed by atoms with Crippen LogP contribution in [0.25, 0.3) is 0 Å². The number of ether oxygens (including phenoxy) is 1. The summed E-state index contributed by atoms with van der Waals surface area (Å²) in [6.07, 6.45) is 1.23. The van der Waals surface area contributed by atoms with Crippen LogP contribution in [0.3, 0.4) is 0 Å². The molecule has 0 spiro atoms. The van der Waals surface area contributed by atoms with Gasteiger partial charge in [0.25, 0.3) is 0 Å². The van der Waals surface area contributed by atoms with Gasteiger partial charge in [-0.1, -0.05) is 18.2 Å². The summed E-state index contributed by atoms with van der Waals surface area (Å²) in [6, 6.07) is 16.9. The summed E-state index contributed by atoms with van der Waals surface area (Å²) in [5.41, 5.74) is 0.870. The van der Waals surface area contributed by atoms with Crippen LogP contribution in [0.4, 0.5) is 5.69 Å². The van der Waals surface area contributed by atoms with Crippen molar-refractivity contribution in [2.24, 2.45) is 0 Å². The van der Waals surface area contributed by atoms with E-state index < -0.39 is 9.84 Å². The van der Waals surface area contributed by atoms with Gasteiger partial charge in [0.05, 0.1) is 5.75 Å². The largest absolute Gasteiger partial charge is 0.457 e. The summed E-state index contributed by atoms with van der Waals surface area (Å²) in [5.74, 6) is 1.64. The van der Waals surface area contributed by atoms with E-state index in [0.29, 0.717) is 6.54 Å². The van der Waals surface area contributed by atoms with Crippen molar-refractivity contribution in [1.82, 2.24) is 0 Å². The fourth-order valence-electron chi connectivity index (χ4n) is 1.65. The first-order chi connectivity index (χ1) is 9.53. The Morgan fingerprint density at radius 1 is 0.950 bits per heavy atom. The summed E-state index contributed by atoms with van der Waals surface area (Å²) in [5, 5.41) is 3.06. The van der Waals surface area contributed by atoms with Crippen LogP contribution < -0.4 is 10.1 Å². The molecule has 4 nitrogen and oxygen atoms in total. The van der Waals surface area contributed by atoms with E-state index in [-0.39, 0.29) is 5.75 Å². The predicted molar refractivity (Wildman–Crippen MR) is 81.2 cm³/mol. The van der Waals surface area contributed by atoms with Gasteiger partial charge in [-0.05, 0) is 36.4 Å². The van der Waals surface area contributed by atoms with Crippen LogP contribution in [0.2, 0.25) is 0 Å². The fraction of sp³-hybridized carbons (Fsp3) is 0.200. The topological polar surface area (TPSA) is 55.4 Å². The highest BCUT2D eigenvalue weighted by Crippen LogP contribution is 2.22. The van der Waals surface area contributed by atoms with E-state index in [4.69, 9.17) is 4.74 Å². The molecule has 0 unspecified atom stereocenters. The Hall–Kier alpha value is -2.01. The predicted octanol–water partition coefficient (Wildman–Crippen LogP) is 2.94. The minimum atomic E-state index is -2.93. The smallest absolute Gasteiger partial charge is 0.149 e. The van der Waals surface area contributed by atoms with Gasteiger partial charge >= 0.3 is 0 Å². The van der Waals surface area contributed by atoms with Crippen LogP contribution in [-0.2, 0) is 9.84 Å². The van der Waals surface area contributed by atoms with Gasteiger partial charge in [-0.2, -0.15) is 0 Å². The molecule has 0 saturated carbocycles. The number of hydrogen-bond donors (Lipinski definition) is 1. The van der Waals surface area contributed by atoms with E-state index in [9.17, 15) is 8.42 Å². The molecule has 0 aromatic heterocycles. The molecule has 0 bridgehead atoms. The third-order valence-corrected chi connectivity index (χ3v) is 3.58. The molecule has 2 aromatic rings. The number of nitrogens with one attached hydrogen (secondary N) is 1. The number of benzene rings is 2. The zero-order chi connectivity index (χ0) is 14.4. The lowest BCUT2D eigenvalue weighted by Crippen LogP contribution is -2.13. The van der Waals surface area contributed by atoms with Crippen LogP contribution >= 0.6 is 0 Å². The van der Waals surface area contributed by atoms with Crippen molar-refractivity contribution in [3.8, 4) is 11.5 Å². The summed E-state index contributed by atoms with van der Waals surface area (Å²) >= 11 is 0. The molecule has 2 rings (SSSR count). The minimum absolute atomic E-state index is 0.120. The first kappa shape index (κ1) is 14.4. The second kappa shape index (κ2) is 6.43. The van der Waals surface area contributed by atoms with E-state index in [1.165, 1.54) is 6.26 Å². The molecule has 0 aliphatic heterocycles. The summed E-state index contributed by atoms with van der Waals surface area (Å²) in [7, 11) is -2.93. The fourth-order valence-corrected chi connectivity index (χ4v) is 2.12. The Morgan fingerprint density at radius 2 is 1.55 bits per heavy atom. The molecule has 0 aliphatic carbocycles. The van der Waals surface area contributed by atoms with Crippen molar-refractivity contribution in [2.75, 3.05) is 23.9 Å². The summed E-state index contributed by atoms with van der Waals surface area (Å²) in [6.45, 7) is 0.401. The Balaban J connectivity index is 1.90. The van der Waals surface area contributed by atoms with Crippen LogP contribution in [0, 0.1) is 0 Å². The molecule has 5 heteroatoms. The van der Waals surface area contributed by atoms with E-state index in [0.717, 1.165) is 17.2 Å². The average molecular weight is 291 g/mol. The lowest BCUT2D eigenvalue weighted by molar-refractivity contribution is 0.483. The first-order valence-electron chi connectivity index (χ1n) is 6.27. The molecule has 20 heavy (non-hydrogen) atoms. The number of para-hydroxylation sites is 1. The molecular formula is C15H17NO3S. The minimum Gasteiger partial charge on any atom is -0.457 e. The Kier molecular flexibility index (Phi) is 4.63. The summed E-state index contributed by atoms with van der Waals surface area (Å²) in [4.78, 5) is 0.